The number of para-hydroxylation sites is 1. The maximum Gasteiger partial charge on any atom is 0.123 e. The fourth-order valence-electron chi connectivity index (χ4n) is 2.11. The Morgan fingerprint density at radius 3 is 1.77 bits per heavy atom. The number of rotatable bonds is 3. The summed E-state index contributed by atoms with van der Waals surface area (Å²) in [6.45, 7) is 0. The monoisotopic (exact) mass is 390 g/mol. The Morgan fingerprint density at radius 1 is 0.808 bits per heavy atom. The van der Waals surface area contributed by atoms with Gasteiger partial charge in [0.25, 0.3) is 0 Å². The van der Waals surface area contributed by atoms with Crippen molar-refractivity contribution >= 4 is 22.7 Å². The molecule has 6 heteroatoms. The predicted molar refractivity (Wildman–Crippen MR) is 109 cm³/mol. The summed E-state index contributed by atoms with van der Waals surface area (Å²) in [4.78, 5) is 0. The maximum absolute atomic E-state index is 10.2. The average molecular weight is 391 g/mol. The number of benzene rings is 3. The second-order valence-electron chi connectivity index (χ2n) is 5.07. The van der Waals surface area contributed by atoms with E-state index in [9.17, 15) is 18.1 Å². The Balaban J connectivity index is 0.000000241. The van der Waals surface area contributed by atoms with Gasteiger partial charge in [-0.3, -0.25) is 0 Å². The van der Waals surface area contributed by atoms with Crippen LogP contribution in [0.1, 0.15) is 5.56 Å². The van der Waals surface area contributed by atoms with Gasteiger partial charge in [-0.25, -0.2) is 8.42 Å². The number of phenols is 1. The molecule has 0 heterocycles. The summed E-state index contributed by atoms with van der Waals surface area (Å²) in [5, 5.41) is 9.56. The summed E-state index contributed by atoms with van der Waals surface area (Å²) >= 11 is 2.97. The second kappa shape index (κ2) is 11.4. The lowest BCUT2D eigenvalue weighted by Gasteiger charge is -2.05. The summed E-state index contributed by atoms with van der Waals surface area (Å²) in [5.41, 5.74) is 2.45. The van der Waals surface area contributed by atoms with Gasteiger partial charge in [-0.1, -0.05) is 78.9 Å². The van der Waals surface area contributed by atoms with E-state index in [4.69, 9.17) is 0 Å². The van der Waals surface area contributed by atoms with Gasteiger partial charge < -0.3 is 9.66 Å². The lowest BCUT2D eigenvalue weighted by atomic mass is 10.1. The van der Waals surface area contributed by atoms with Gasteiger partial charge in [-0.2, -0.15) is 0 Å². The minimum atomic E-state index is -4.13. The first-order valence-electron chi connectivity index (χ1n) is 7.76. The van der Waals surface area contributed by atoms with E-state index < -0.39 is 15.9 Å². The highest BCUT2D eigenvalue weighted by Gasteiger charge is 2.00. The molecule has 4 nitrogen and oxygen atoms in total. The van der Waals surface area contributed by atoms with E-state index in [0.29, 0.717) is 11.3 Å². The largest absolute Gasteiger partial charge is 0.748 e. The number of hydrogen-bond acceptors (Lipinski definition) is 4. The summed E-state index contributed by atoms with van der Waals surface area (Å²) < 4.78 is 30.7. The van der Waals surface area contributed by atoms with E-state index in [2.05, 4.69) is 12.6 Å². The lowest BCUT2D eigenvalue weighted by Crippen LogP contribution is -2.01. The molecule has 0 saturated carbocycles. The van der Waals surface area contributed by atoms with Gasteiger partial charge in [0.05, 0.1) is 22.1 Å². The lowest BCUT2D eigenvalue weighted by molar-refractivity contribution is 0.462. The molecule has 0 amide bonds. The fraction of sp³-hybridized carbons (Fsp3) is 0.100. The zero-order valence-corrected chi connectivity index (χ0v) is 16.2. The third-order valence-electron chi connectivity index (χ3n) is 3.18. The molecule has 0 aliphatic heterocycles. The van der Waals surface area contributed by atoms with E-state index in [1.807, 2.05) is 48.5 Å². The molecule has 138 valence electrons. The van der Waals surface area contributed by atoms with E-state index in [-0.39, 0.29) is 0 Å². The van der Waals surface area contributed by atoms with Crippen LogP contribution in [0.25, 0.3) is 11.1 Å². The van der Waals surface area contributed by atoms with E-state index in [1.165, 1.54) is 0 Å². The van der Waals surface area contributed by atoms with Crippen LogP contribution in [0.2, 0.25) is 0 Å². The van der Waals surface area contributed by atoms with Crippen LogP contribution in [0, 0.1) is 0 Å². The van der Waals surface area contributed by atoms with Crippen molar-refractivity contribution in [3.63, 3.8) is 0 Å². The van der Waals surface area contributed by atoms with Crippen molar-refractivity contribution in [1.82, 2.24) is 0 Å². The first kappa shape index (κ1) is 21.8. The molecular formula is C20H22O4S2. The maximum atomic E-state index is 10.2. The molecule has 0 unspecified atom stereocenters. The molecule has 0 atom stereocenters. The highest BCUT2D eigenvalue weighted by Crippen LogP contribution is 2.27. The van der Waals surface area contributed by atoms with Gasteiger partial charge in [0.1, 0.15) is 5.75 Å². The Bertz CT molecular complexity index is 865. The van der Waals surface area contributed by atoms with Crippen molar-refractivity contribution in [3.8, 4) is 16.9 Å². The van der Waals surface area contributed by atoms with Crippen LogP contribution >= 0.6 is 0 Å². The molecule has 0 aliphatic rings. The number of aromatic hydroxyl groups is 1. The van der Waals surface area contributed by atoms with Crippen molar-refractivity contribution in [2.45, 2.75) is 5.75 Å². The van der Waals surface area contributed by atoms with Crippen molar-refractivity contribution in [1.29, 1.82) is 0 Å². The molecule has 0 spiro atoms. The molecule has 3 aromatic rings. The van der Waals surface area contributed by atoms with E-state index >= 15 is 0 Å². The summed E-state index contributed by atoms with van der Waals surface area (Å²) in [7, 11) is -4.13. The van der Waals surface area contributed by atoms with Crippen LogP contribution in [0.4, 0.5) is 0 Å². The Hall–Kier alpha value is -2.28. The molecule has 0 radical (unpaired) electrons. The summed E-state index contributed by atoms with van der Waals surface area (Å²) in [6, 6.07) is 25.6. The van der Waals surface area contributed by atoms with Crippen molar-refractivity contribution in [2.75, 3.05) is 6.26 Å². The minimum absolute atomic E-state index is 0.328. The van der Waals surface area contributed by atoms with Gasteiger partial charge in [-0.15, -0.1) is 0 Å². The quantitative estimate of drug-likeness (QED) is 0.549. The van der Waals surface area contributed by atoms with Crippen LogP contribution in [0.5, 0.6) is 5.75 Å². The van der Waals surface area contributed by atoms with Crippen LogP contribution in [0.15, 0.2) is 84.9 Å². The topological polar surface area (TPSA) is 77.4 Å². The molecule has 0 aliphatic carbocycles. The molecule has 0 bridgehead atoms. The van der Waals surface area contributed by atoms with Gasteiger partial charge in [-0.05, 0) is 29.8 Å². The third-order valence-corrected chi connectivity index (χ3v) is 3.86. The fourth-order valence-corrected chi connectivity index (χ4v) is 2.71. The average Bonchev–Trinajstić information content (AvgIpc) is 2.65. The molecule has 3 rings (SSSR count). The van der Waals surface area contributed by atoms with Gasteiger partial charge in [0.2, 0.25) is 0 Å². The third kappa shape index (κ3) is 8.20. The number of phenolic OH excluding ortho intramolecular Hbond substituents is 1. The Labute approximate surface area is 160 Å². The molecule has 0 aromatic heterocycles. The predicted octanol–water partition coefficient (Wildman–Crippen LogP) is 3.42. The van der Waals surface area contributed by atoms with Crippen LogP contribution in [-0.2, 0) is 28.5 Å². The van der Waals surface area contributed by atoms with Gasteiger partial charge >= 0.3 is 0 Å². The van der Waals surface area contributed by atoms with Crippen molar-refractivity contribution < 1.29 is 18.1 Å². The summed E-state index contributed by atoms with van der Waals surface area (Å²) in [6.07, 6.45) is 1.81. The smallest absolute Gasteiger partial charge is 0.123 e. The van der Waals surface area contributed by atoms with Crippen molar-refractivity contribution in [2.24, 2.45) is 0 Å². The Morgan fingerprint density at radius 2 is 1.27 bits per heavy atom. The van der Waals surface area contributed by atoms with E-state index in [1.54, 1.807) is 42.7 Å². The highest BCUT2D eigenvalue weighted by atomic mass is 32.2. The number of hydrogen-bond donors (Lipinski definition) is 1. The van der Waals surface area contributed by atoms with Gasteiger partial charge in [0.15, 0.2) is 0 Å². The molecule has 0 saturated heterocycles. The van der Waals surface area contributed by atoms with Crippen molar-refractivity contribution in [3.05, 3.63) is 90.5 Å². The second-order valence-corrected chi connectivity index (χ2v) is 6.47. The van der Waals surface area contributed by atoms with Crippen LogP contribution < -0.4 is 0 Å². The zero-order valence-electron chi connectivity index (χ0n) is 14.4. The SMILES string of the molecule is C[SH2+].O=S(=O)([O-])Cc1ccccc1.Oc1ccccc1-c1ccccc1. The zero-order chi connectivity index (χ0) is 19.4. The van der Waals surface area contributed by atoms with E-state index in [0.717, 1.165) is 11.1 Å². The molecule has 3 aromatic carbocycles. The van der Waals surface area contributed by atoms with Crippen LogP contribution in [-0.4, -0.2) is 24.3 Å². The van der Waals surface area contributed by atoms with Crippen LogP contribution in [0.3, 0.4) is 0 Å². The standard InChI is InChI=1S/C12H10O.C7H8O3S.CH4S/c13-12-9-5-4-8-11(12)10-6-2-1-3-7-10;8-11(9,10)6-7-4-2-1-3-5-7;1-2/h1-9,13H;1-5H,6H2,(H,8,9,10);2H,1H3. The first-order valence-corrected chi connectivity index (χ1v) is 10.3. The normalized spacial score (nSPS) is 9.96. The highest BCUT2D eigenvalue weighted by molar-refractivity contribution is 7.84. The molecule has 0 fully saturated rings. The first-order chi connectivity index (χ1) is 12.5. The molecule has 1 N–H and O–H groups in total. The molecular weight excluding hydrogens is 368 g/mol. The summed E-state index contributed by atoms with van der Waals surface area (Å²) in [5.74, 6) is -0.0953. The molecule has 26 heavy (non-hydrogen) atoms. The Kier molecular flexibility index (Phi) is 9.51. The minimum Gasteiger partial charge on any atom is -0.748 e. The van der Waals surface area contributed by atoms with Gasteiger partial charge in [0, 0.05) is 5.56 Å².